The third-order valence-corrected chi connectivity index (χ3v) is 5.03. The molecule has 0 fully saturated rings. The minimum atomic E-state index is -0.229. The van der Waals surface area contributed by atoms with Crippen LogP contribution in [-0.2, 0) is 11.2 Å². The quantitative estimate of drug-likeness (QED) is 0.702. The molecule has 118 valence electrons. The van der Waals surface area contributed by atoms with E-state index in [1.807, 2.05) is 36.4 Å². The Morgan fingerprint density at radius 3 is 2.50 bits per heavy atom. The number of benzene rings is 2. The van der Waals surface area contributed by atoms with Crippen LogP contribution in [0.4, 0.5) is 0 Å². The molecule has 1 heterocycles. The van der Waals surface area contributed by atoms with Crippen LogP contribution in [0.25, 0.3) is 0 Å². The number of nitrogens with two attached hydrogens (primary N) is 1. The van der Waals surface area contributed by atoms with Crippen LogP contribution in [0.2, 0.25) is 0 Å². The van der Waals surface area contributed by atoms with E-state index in [0.717, 1.165) is 21.2 Å². The van der Waals surface area contributed by atoms with E-state index in [0.29, 0.717) is 17.4 Å². The normalized spacial score (nSPS) is 20.1. The van der Waals surface area contributed by atoms with Crippen molar-refractivity contribution in [1.82, 2.24) is 0 Å². The Morgan fingerprint density at radius 1 is 1.18 bits per heavy atom. The minimum Gasteiger partial charge on any atom is -0.506 e. The highest BCUT2D eigenvalue weighted by molar-refractivity contribution is 9.11. The van der Waals surface area contributed by atoms with E-state index in [2.05, 4.69) is 31.9 Å². The molecular weight excluding hydrogens is 433 g/mol. The van der Waals surface area contributed by atoms with Crippen molar-refractivity contribution in [3.05, 3.63) is 62.0 Å². The number of hydrogen-bond donors (Lipinski definition) is 2. The molecule has 0 aliphatic carbocycles. The van der Waals surface area contributed by atoms with Crippen molar-refractivity contribution in [2.45, 2.75) is 18.6 Å². The van der Waals surface area contributed by atoms with Gasteiger partial charge in [-0.3, -0.25) is 0 Å². The molecule has 3 rings (SSSR count). The summed E-state index contributed by atoms with van der Waals surface area (Å²) in [5, 5.41) is 10.4. The number of phenols is 1. The molecule has 2 aromatic rings. The van der Waals surface area contributed by atoms with Crippen molar-refractivity contribution in [3.8, 4) is 5.75 Å². The maximum absolute atomic E-state index is 10.4. The van der Waals surface area contributed by atoms with Gasteiger partial charge in [0.2, 0.25) is 0 Å². The average Bonchev–Trinajstić information content (AvgIpc) is 2.52. The van der Waals surface area contributed by atoms with Gasteiger partial charge in [-0.25, -0.2) is 0 Å². The van der Waals surface area contributed by atoms with Gasteiger partial charge >= 0.3 is 0 Å². The predicted molar refractivity (Wildman–Crippen MR) is 96.5 cm³/mol. The van der Waals surface area contributed by atoms with E-state index in [1.165, 1.54) is 0 Å². The summed E-state index contributed by atoms with van der Waals surface area (Å²) >= 11 is 6.94. The summed E-state index contributed by atoms with van der Waals surface area (Å²) < 4.78 is 7.73. The largest absolute Gasteiger partial charge is 0.506 e. The van der Waals surface area contributed by atoms with Crippen LogP contribution in [0, 0.1) is 0 Å². The third kappa shape index (κ3) is 3.19. The summed E-state index contributed by atoms with van der Waals surface area (Å²) in [7, 11) is 0. The van der Waals surface area contributed by atoms with Crippen LogP contribution in [0.5, 0.6) is 5.75 Å². The lowest BCUT2D eigenvalue weighted by Gasteiger charge is -2.33. The first-order valence-corrected chi connectivity index (χ1v) is 8.30. The monoisotopic (exact) mass is 447 g/mol. The third-order valence-electron chi connectivity index (χ3n) is 3.77. The fraction of sp³-hybridized carbons (Fsp3) is 0.250. The summed E-state index contributed by atoms with van der Waals surface area (Å²) in [4.78, 5) is 0. The molecule has 1 aliphatic rings. The van der Waals surface area contributed by atoms with E-state index in [-0.39, 0.29) is 30.4 Å². The molecule has 0 amide bonds. The first kappa shape index (κ1) is 17.8. The van der Waals surface area contributed by atoms with Crippen LogP contribution in [0.3, 0.4) is 0 Å². The van der Waals surface area contributed by atoms with Crippen molar-refractivity contribution in [2.75, 3.05) is 6.54 Å². The molecule has 0 spiro atoms. The van der Waals surface area contributed by atoms with E-state index < -0.39 is 0 Å². The lowest BCUT2D eigenvalue weighted by Crippen LogP contribution is -2.26. The molecule has 2 aromatic carbocycles. The van der Waals surface area contributed by atoms with Crippen molar-refractivity contribution < 1.29 is 9.84 Å². The smallest absolute Gasteiger partial charge is 0.133 e. The number of fused-ring (bicyclic) bond motifs is 1. The number of hydrogen-bond acceptors (Lipinski definition) is 3. The lowest BCUT2D eigenvalue weighted by atomic mass is 9.90. The van der Waals surface area contributed by atoms with E-state index in [1.54, 1.807) is 0 Å². The first-order chi connectivity index (χ1) is 10.1. The van der Waals surface area contributed by atoms with Gasteiger partial charge in [0.15, 0.2) is 0 Å². The van der Waals surface area contributed by atoms with E-state index in [4.69, 9.17) is 10.5 Å². The van der Waals surface area contributed by atoms with Gasteiger partial charge in [0.1, 0.15) is 5.75 Å². The van der Waals surface area contributed by atoms with Crippen molar-refractivity contribution in [3.63, 3.8) is 0 Å². The van der Waals surface area contributed by atoms with Crippen molar-refractivity contribution >= 4 is 44.3 Å². The van der Waals surface area contributed by atoms with E-state index in [9.17, 15) is 5.11 Å². The fourth-order valence-electron chi connectivity index (χ4n) is 2.77. The minimum absolute atomic E-state index is 0. The Bertz CT molecular complexity index is 667. The van der Waals surface area contributed by atoms with Gasteiger partial charge in [-0.15, -0.1) is 12.4 Å². The molecule has 0 bridgehead atoms. The Kier molecular flexibility index (Phi) is 5.91. The molecule has 0 saturated carbocycles. The first-order valence-electron chi connectivity index (χ1n) is 6.72. The maximum Gasteiger partial charge on any atom is 0.133 e. The zero-order valence-corrected chi connectivity index (χ0v) is 15.6. The molecule has 2 unspecified atom stereocenters. The molecule has 6 heteroatoms. The number of halogens is 3. The topological polar surface area (TPSA) is 55.5 Å². The zero-order chi connectivity index (χ0) is 15.0. The molecule has 0 aromatic heterocycles. The highest BCUT2D eigenvalue weighted by Crippen LogP contribution is 2.46. The van der Waals surface area contributed by atoms with Gasteiger partial charge in [-0.05, 0) is 27.6 Å². The van der Waals surface area contributed by atoms with Gasteiger partial charge < -0.3 is 15.6 Å². The Balaban J connectivity index is 0.00000176. The van der Waals surface area contributed by atoms with Gasteiger partial charge in [0.05, 0.1) is 16.7 Å². The van der Waals surface area contributed by atoms with Crippen molar-refractivity contribution in [1.29, 1.82) is 0 Å². The second-order valence-electron chi connectivity index (χ2n) is 5.04. The molecular formula is C16H16Br2ClNO2. The number of aromatic hydroxyl groups is 1. The summed E-state index contributed by atoms with van der Waals surface area (Å²) in [5.74, 6) is 0.274. The second kappa shape index (κ2) is 7.32. The summed E-state index contributed by atoms with van der Waals surface area (Å²) in [6.45, 7) is 0.371. The summed E-state index contributed by atoms with van der Waals surface area (Å²) in [6.07, 6.45) is 0.298. The fourth-order valence-corrected chi connectivity index (χ4v) is 4.26. The van der Waals surface area contributed by atoms with Gasteiger partial charge in [0, 0.05) is 28.6 Å². The standard InChI is InChI=1S/C16H15Br2NO2.ClH/c17-11-7-12(18)16(20)10-6-13(9-4-2-1-3-5-9)21-14(8-19)15(10)11;/h1-5,7,13-14,20H,6,8,19H2;1H. The number of phenolic OH excluding ortho intramolecular Hbond substituents is 1. The average molecular weight is 450 g/mol. The SMILES string of the molecule is Cl.NCC1OC(c2ccccc2)Cc2c(O)c(Br)cc(Br)c21. The Hall–Kier alpha value is -0.590. The zero-order valence-electron chi connectivity index (χ0n) is 11.6. The van der Waals surface area contributed by atoms with Gasteiger partial charge in [-0.2, -0.15) is 0 Å². The predicted octanol–water partition coefficient (Wildman–Crippen LogP) is 4.65. The lowest BCUT2D eigenvalue weighted by molar-refractivity contribution is -0.0234. The number of ether oxygens (including phenoxy) is 1. The molecule has 1 aliphatic heterocycles. The van der Waals surface area contributed by atoms with Gasteiger partial charge in [-0.1, -0.05) is 46.3 Å². The van der Waals surface area contributed by atoms with Crippen LogP contribution in [-0.4, -0.2) is 11.7 Å². The van der Waals surface area contributed by atoms with Crippen LogP contribution in [0.1, 0.15) is 28.9 Å². The molecule has 0 radical (unpaired) electrons. The Labute approximate surface area is 152 Å². The maximum atomic E-state index is 10.4. The number of rotatable bonds is 2. The molecule has 3 N–H and O–H groups in total. The summed E-state index contributed by atoms with van der Waals surface area (Å²) in [6, 6.07) is 11.9. The second-order valence-corrected chi connectivity index (χ2v) is 6.75. The van der Waals surface area contributed by atoms with E-state index >= 15 is 0 Å². The van der Waals surface area contributed by atoms with Crippen LogP contribution >= 0.6 is 44.3 Å². The molecule has 0 saturated heterocycles. The molecule has 22 heavy (non-hydrogen) atoms. The highest BCUT2D eigenvalue weighted by Gasteiger charge is 2.32. The van der Waals surface area contributed by atoms with Crippen LogP contribution < -0.4 is 5.73 Å². The molecule has 2 atom stereocenters. The van der Waals surface area contributed by atoms with Crippen LogP contribution in [0.15, 0.2) is 45.3 Å². The highest BCUT2D eigenvalue weighted by atomic mass is 79.9. The summed E-state index contributed by atoms with van der Waals surface area (Å²) in [5.41, 5.74) is 8.82. The molecule has 3 nitrogen and oxygen atoms in total. The van der Waals surface area contributed by atoms with Gasteiger partial charge in [0.25, 0.3) is 0 Å². The Morgan fingerprint density at radius 2 is 1.86 bits per heavy atom. The van der Waals surface area contributed by atoms with Crippen molar-refractivity contribution in [2.24, 2.45) is 5.73 Å².